The Morgan fingerprint density at radius 2 is 1.60 bits per heavy atom. The monoisotopic (exact) mass is 215 g/mol. The summed E-state index contributed by atoms with van der Waals surface area (Å²) in [5, 5.41) is 0. The van der Waals surface area contributed by atoms with Gasteiger partial charge in [-0.05, 0) is 5.92 Å². The molecule has 3 rings (SSSR count). The molecule has 4 nitrogen and oxygen atoms in total. The van der Waals surface area contributed by atoms with E-state index < -0.39 is 5.97 Å². The molecule has 1 atom stereocenters. The minimum Gasteiger partial charge on any atom is -0.330 e. The second-order valence-corrected chi connectivity index (χ2v) is 5.37. The highest BCUT2D eigenvalue weighted by molar-refractivity contribution is 4.89. The quantitative estimate of drug-likeness (QED) is 0.761. The predicted octanol–water partition coefficient (Wildman–Crippen LogP) is 0.954. The fourth-order valence-electron chi connectivity index (χ4n) is 2.22. The third-order valence-electron chi connectivity index (χ3n) is 3.38. The fraction of sp³-hybridized carbons (Fsp3) is 1.00. The second kappa shape index (κ2) is 3.70. The summed E-state index contributed by atoms with van der Waals surface area (Å²) in [6.07, 6.45) is 0. The van der Waals surface area contributed by atoms with Gasteiger partial charge in [0.1, 0.15) is 0 Å². The topological polar surface area (TPSA) is 53.7 Å². The molecule has 3 saturated heterocycles. The molecule has 0 aromatic rings. The lowest BCUT2D eigenvalue weighted by Crippen LogP contribution is -2.64. The Balaban J connectivity index is 2.14. The summed E-state index contributed by atoms with van der Waals surface area (Å²) in [5.74, 6) is -0.388. The fourth-order valence-corrected chi connectivity index (χ4v) is 2.22. The van der Waals surface area contributed by atoms with Crippen molar-refractivity contribution in [3.63, 3.8) is 0 Å². The molecule has 88 valence electrons. The van der Waals surface area contributed by atoms with E-state index in [0.717, 1.165) is 0 Å². The number of rotatable bonds is 3. The van der Waals surface area contributed by atoms with Gasteiger partial charge < -0.3 is 19.9 Å². The van der Waals surface area contributed by atoms with Crippen LogP contribution in [0, 0.1) is 17.3 Å². The molecule has 0 spiro atoms. The van der Waals surface area contributed by atoms with E-state index in [1.165, 1.54) is 0 Å². The first-order valence-corrected chi connectivity index (χ1v) is 5.63. The van der Waals surface area contributed by atoms with Crippen LogP contribution in [-0.4, -0.2) is 32.3 Å². The number of hydrogen-bond donors (Lipinski definition) is 1. The molecular formula is C11H21NO3. The minimum absolute atomic E-state index is 0.0257. The van der Waals surface area contributed by atoms with Crippen LogP contribution in [-0.2, 0) is 14.2 Å². The van der Waals surface area contributed by atoms with Gasteiger partial charge in [-0.3, -0.25) is 0 Å². The maximum Gasteiger partial charge on any atom is 0.287 e. The van der Waals surface area contributed by atoms with Gasteiger partial charge in [-0.1, -0.05) is 20.8 Å². The highest BCUT2D eigenvalue weighted by atomic mass is 16.9. The number of nitrogens with two attached hydrogens (primary N) is 1. The molecule has 0 amide bonds. The van der Waals surface area contributed by atoms with Crippen molar-refractivity contribution in [2.24, 2.45) is 23.0 Å². The van der Waals surface area contributed by atoms with Gasteiger partial charge in [0.2, 0.25) is 0 Å². The Bertz CT molecular complexity index is 217. The molecule has 0 aliphatic carbocycles. The van der Waals surface area contributed by atoms with Gasteiger partial charge in [-0.25, -0.2) is 0 Å². The molecule has 4 heteroatoms. The molecule has 3 aliphatic heterocycles. The van der Waals surface area contributed by atoms with E-state index in [1.54, 1.807) is 0 Å². The normalized spacial score (nSPS) is 42.2. The van der Waals surface area contributed by atoms with E-state index in [1.807, 2.05) is 0 Å². The number of hydrogen-bond acceptors (Lipinski definition) is 4. The van der Waals surface area contributed by atoms with Crippen molar-refractivity contribution < 1.29 is 14.2 Å². The summed E-state index contributed by atoms with van der Waals surface area (Å²) in [6, 6.07) is 0. The van der Waals surface area contributed by atoms with Gasteiger partial charge in [0.15, 0.2) is 0 Å². The third-order valence-corrected chi connectivity index (χ3v) is 3.38. The zero-order valence-electron chi connectivity index (χ0n) is 9.79. The van der Waals surface area contributed by atoms with Gasteiger partial charge in [0.05, 0.1) is 25.7 Å². The van der Waals surface area contributed by atoms with Crippen molar-refractivity contribution in [1.82, 2.24) is 0 Å². The van der Waals surface area contributed by atoms with Crippen LogP contribution in [0.25, 0.3) is 0 Å². The highest BCUT2D eigenvalue weighted by Crippen LogP contribution is 2.43. The third kappa shape index (κ3) is 1.80. The molecule has 3 aliphatic rings. The van der Waals surface area contributed by atoms with Gasteiger partial charge in [0, 0.05) is 12.0 Å². The lowest BCUT2D eigenvalue weighted by Gasteiger charge is -2.53. The zero-order valence-corrected chi connectivity index (χ0v) is 9.79. The molecule has 0 aromatic heterocycles. The van der Waals surface area contributed by atoms with Crippen LogP contribution in [0.1, 0.15) is 20.8 Å². The van der Waals surface area contributed by atoms with E-state index >= 15 is 0 Å². The zero-order chi connectivity index (χ0) is 11.1. The molecule has 2 N–H and O–H groups in total. The van der Waals surface area contributed by atoms with Crippen LogP contribution >= 0.6 is 0 Å². The van der Waals surface area contributed by atoms with Crippen LogP contribution in [0.5, 0.6) is 0 Å². The first-order chi connectivity index (χ1) is 7.01. The van der Waals surface area contributed by atoms with Crippen molar-refractivity contribution in [1.29, 1.82) is 0 Å². The maximum absolute atomic E-state index is 5.78. The summed E-state index contributed by atoms with van der Waals surface area (Å²) in [7, 11) is 0. The Hall–Kier alpha value is -0.160. The SMILES string of the molecule is CC(C)C(CN)C12OCC(C)(CO1)CO2. The first-order valence-electron chi connectivity index (χ1n) is 5.63. The van der Waals surface area contributed by atoms with Crippen LogP contribution in [0.15, 0.2) is 0 Å². The van der Waals surface area contributed by atoms with Crippen molar-refractivity contribution in [3.05, 3.63) is 0 Å². The summed E-state index contributed by atoms with van der Waals surface area (Å²) in [6.45, 7) is 8.98. The van der Waals surface area contributed by atoms with Crippen LogP contribution in [0.3, 0.4) is 0 Å². The van der Waals surface area contributed by atoms with Crippen molar-refractivity contribution >= 4 is 0 Å². The van der Waals surface area contributed by atoms with E-state index in [4.69, 9.17) is 19.9 Å². The predicted molar refractivity (Wildman–Crippen MR) is 56.1 cm³/mol. The minimum atomic E-state index is -0.874. The average molecular weight is 215 g/mol. The molecule has 2 bridgehead atoms. The van der Waals surface area contributed by atoms with Crippen LogP contribution < -0.4 is 5.73 Å². The lowest BCUT2D eigenvalue weighted by molar-refractivity contribution is -0.486. The van der Waals surface area contributed by atoms with Crippen molar-refractivity contribution in [3.8, 4) is 0 Å². The Morgan fingerprint density at radius 3 is 1.93 bits per heavy atom. The van der Waals surface area contributed by atoms with Gasteiger partial charge in [0.25, 0.3) is 5.97 Å². The van der Waals surface area contributed by atoms with Crippen molar-refractivity contribution in [2.75, 3.05) is 26.4 Å². The van der Waals surface area contributed by atoms with Crippen LogP contribution in [0.2, 0.25) is 0 Å². The highest BCUT2D eigenvalue weighted by Gasteiger charge is 2.54. The van der Waals surface area contributed by atoms with E-state index in [0.29, 0.717) is 32.3 Å². The van der Waals surface area contributed by atoms with Gasteiger partial charge in [-0.15, -0.1) is 0 Å². The Morgan fingerprint density at radius 1 is 1.13 bits per heavy atom. The maximum atomic E-state index is 5.78. The molecule has 3 heterocycles. The van der Waals surface area contributed by atoms with Crippen molar-refractivity contribution in [2.45, 2.75) is 26.7 Å². The first kappa shape index (κ1) is 11.3. The summed E-state index contributed by atoms with van der Waals surface area (Å²) < 4.78 is 17.3. The molecule has 0 saturated carbocycles. The van der Waals surface area contributed by atoms with Crippen LogP contribution in [0.4, 0.5) is 0 Å². The summed E-state index contributed by atoms with van der Waals surface area (Å²) >= 11 is 0. The van der Waals surface area contributed by atoms with E-state index in [-0.39, 0.29) is 11.3 Å². The standard InChI is InChI=1S/C11H21NO3/c1-8(2)9(4-12)11-13-5-10(3,6-14-11)7-15-11/h8-9H,4-7,12H2,1-3H3. The Kier molecular flexibility index (Phi) is 2.79. The van der Waals surface area contributed by atoms with Gasteiger partial charge >= 0.3 is 0 Å². The summed E-state index contributed by atoms with van der Waals surface area (Å²) in [5.41, 5.74) is 5.80. The lowest BCUT2D eigenvalue weighted by atomic mass is 9.87. The second-order valence-electron chi connectivity index (χ2n) is 5.37. The average Bonchev–Trinajstić information content (AvgIpc) is 2.20. The molecule has 0 aromatic carbocycles. The molecule has 1 unspecified atom stereocenters. The number of fused-ring (bicyclic) bond motifs is 3. The molecule has 15 heavy (non-hydrogen) atoms. The van der Waals surface area contributed by atoms with E-state index in [9.17, 15) is 0 Å². The summed E-state index contributed by atoms with van der Waals surface area (Å²) in [4.78, 5) is 0. The molecular weight excluding hydrogens is 194 g/mol. The smallest absolute Gasteiger partial charge is 0.287 e. The largest absolute Gasteiger partial charge is 0.330 e. The molecule has 0 radical (unpaired) electrons. The molecule has 3 fully saturated rings. The Labute approximate surface area is 91.1 Å². The number of ether oxygens (including phenoxy) is 3. The van der Waals surface area contributed by atoms with Gasteiger partial charge in [-0.2, -0.15) is 0 Å². The van der Waals surface area contributed by atoms with E-state index in [2.05, 4.69) is 20.8 Å².